The summed E-state index contributed by atoms with van der Waals surface area (Å²) in [5, 5.41) is 0. The smallest absolute Gasteiger partial charge is 0.181 e. The van der Waals surface area contributed by atoms with E-state index >= 15 is 0 Å². The van der Waals surface area contributed by atoms with Gasteiger partial charge in [-0.25, -0.2) is 0 Å². The van der Waals surface area contributed by atoms with Crippen molar-refractivity contribution in [3.05, 3.63) is 29.8 Å². The molecular formula is C10H9NO3. The number of hydrogen-bond donors (Lipinski definition) is 1. The van der Waals surface area contributed by atoms with Crippen molar-refractivity contribution in [3.63, 3.8) is 0 Å². The number of Topliss-reactive ketones (excluding diaryl/α,β-unsaturated/α-hetero) is 1. The van der Waals surface area contributed by atoms with Crippen LogP contribution in [-0.2, 0) is 4.79 Å². The van der Waals surface area contributed by atoms with Gasteiger partial charge in [0.2, 0.25) is 0 Å². The van der Waals surface area contributed by atoms with Crippen LogP contribution in [0.25, 0.3) is 0 Å². The minimum absolute atomic E-state index is 0.269. The van der Waals surface area contributed by atoms with Gasteiger partial charge in [0.05, 0.1) is 5.56 Å². The first-order chi connectivity index (χ1) is 6.74. The summed E-state index contributed by atoms with van der Waals surface area (Å²) in [4.78, 5) is 22.3. The molecule has 1 aliphatic rings. The minimum Gasteiger partial charge on any atom is -0.474 e. The fourth-order valence-corrected chi connectivity index (χ4v) is 1.46. The highest BCUT2D eigenvalue weighted by atomic mass is 16.5. The van der Waals surface area contributed by atoms with Gasteiger partial charge >= 0.3 is 0 Å². The summed E-state index contributed by atoms with van der Waals surface area (Å²) in [6.45, 7) is 0. The summed E-state index contributed by atoms with van der Waals surface area (Å²) < 4.78 is 5.23. The average molecular weight is 191 g/mol. The van der Waals surface area contributed by atoms with Gasteiger partial charge in [0.15, 0.2) is 12.0 Å². The third kappa shape index (κ3) is 1.20. The van der Waals surface area contributed by atoms with E-state index in [1.807, 2.05) is 0 Å². The molecule has 0 bridgehead atoms. The number of fused-ring (bicyclic) bond motifs is 1. The van der Waals surface area contributed by atoms with Crippen molar-refractivity contribution in [2.75, 3.05) is 0 Å². The molecule has 0 radical (unpaired) electrons. The first-order valence-corrected chi connectivity index (χ1v) is 4.25. The van der Waals surface area contributed by atoms with Gasteiger partial charge in [0, 0.05) is 0 Å². The van der Waals surface area contributed by atoms with Crippen molar-refractivity contribution in [2.45, 2.75) is 6.23 Å². The molecule has 1 aromatic carbocycles. The first-order valence-electron chi connectivity index (χ1n) is 4.25. The predicted octanol–water partition coefficient (Wildman–Crippen LogP) is 0.362. The molecule has 0 amide bonds. The second kappa shape index (κ2) is 3.23. The molecule has 0 spiro atoms. The Balaban J connectivity index is 2.48. The zero-order valence-electron chi connectivity index (χ0n) is 7.34. The maximum absolute atomic E-state index is 11.7. The Morgan fingerprint density at radius 2 is 2.07 bits per heavy atom. The van der Waals surface area contributed by atoms with Gasteiger partial charge < -0.3 is 9.53 Å². The minimum atomic E-state index is -0.884. The molecule has 0 aromatic heterocycles. The van der Waals surface area contributed by atoms with Crippen LogP contribution in [0.4, 0.5) is 0 Å². The number of rotatable bonds is 1. The molecule has 0 fully saturated rings. The molecule has 4 heteroatoms. The Hall–Kier alpha value is -1.68. The third-order valence-electron chi connectivity index (χ3n) is 2.22. The molecule has 2 rings (SSSR count). The van der Waals surface area contributed by atoms with Gasteiger partial charge in [0.25, 0.3) is 0 Å². The Bertz CT molecular complexity index is 389. The Labute approximate surface area is 80.7 Å². The Morgan fingerprint density at radius 1 is 1.36 bits per heavy atom. The fourth-order valence-electron chi connectivity index (χ4n) is 1.46. The van der Waals surface area contributed by atoms with Crippen molar-refractivity contribution in [1.29, 1.82) is 0 Å². The van der Waals surface area contributed by atoms with E-state index in [-0.39, 0.29) is 5.78 Å². The van der Waals surface area contributed by atoms with Crippen LogP contribution in [0.15, 0.2) is 24.3 Å². The van der Waals surface area contributed by atoms with Gasteiger partial charge in [-0.1, -0.05) is 12.1 Å². The first kappa shape index (κ1) is 8.90. The third-order valence-corrected chi connectivity index (χ3v) is 2.22. The van der Waals surface area contributed by atoms with Crippen LogP contribution in [0.2, 0.25) is 0 Å². The van der Waals surface area contributed by atoms with Gasteiger partial charge in [-0.2, -0.15) is 0 Å². The van der Waals surface area contributed by atoms with E-state index < -0.39 is 12.1 Å². The van der Waals surface area contributed by atoms with Crippen LogP contribution in [0.5, 0.6) is 5.75 Å². The van der Waals surface area contributed by atoms with E-state index in [4.69, 9.17) is 10.5 Å². The second-order valence-electron chi connectivity index (χ2n) is 3.10. The lowest BCUT2D eigenvalue weighted by Gasteiger charge is -2.26. The number of nitrogens with two attached hydrogens (primary N) is 1. The predicted molar refractivity (Wildman–Crippen MR) is 48.9 cm³/mol. The van der Waals surface area contributed by atoms with Gasteiger partial charge in [0.1, 0.15) is 18.0 Å². The normalized spacial score (nSPS) is 25.1. The number of benzene rings is 1. The molecule has 2 atom stereocenters. The monoisotopic (exact) mass is 191 g/mol. The number of ether oxygens (including phenoxy) is 1. The van der Waals surface area contributed by atoms with Crippen molar-refractivity contribution in [1.82, 2.24) is 0 Å². The van der Waals surface area contributed by atoms with Crippen molar-refractivity contribution in [3.8, 4) is 5.75 Å². The molecular weight excluding hydrogens is 182 g/mol. The second-order valence-corrected chi connectivity index (χ2v) is 3.10. The molecule has 0 saturated heterocycles. The molecule has 0 saturated carbocycles. The molecule has 2 unspecified atom stereocenters. The fraction of sp³-hybridized carbons (Fsp3) is 0.200. The number of hydrogen-bond acceptors (Lipinski definition) is 4. The van der Waals surface area contributed by atoms with Crippen molar-refractivity contribution >= 4 is 12.1 Å². The van der Waals surface area contributed by atoms with E-state index in [9.17, 15) is 9.59 Å². The quantitative estimate of drug-likeness (QED) is 0.514. The van der Waals surface area contributed by atoms with Crippen molar-refractivity contribution < 1.29 is 14.3 Å². The number of carbonyl (C=O) groups is 2. The van der Waals surface area contributed by atoms with Crippen LogP contribution in [0.3, 0.4) is 0 Å². The van der Waals surface area contributed by atoms with Gasteiger partial charge in [-0.15, -0.1) is 0 Å². The van der Waals surface area contributed by atoms with Crippen LogP contribution in [-0.4, -0.2) is 18.3 Å². The summed E-state index contributed by atoms with van der Waals surface area (Å²) in [5.41, 5.74) is 5.94. The van der Waals surface area contributed by atoms with E-state index in [1.54, 1.807) is 24.3 Å². The molecule has 1 aromatic rings. The van der Waals surface area contributed by atoms with Crippen LogP contribution in [0.1, 0.15) is 10.4 Å². The average Bonchev–Trinajstić information content (AvgIpc) is 2.18. The lowest BCUT2D eigenvalue weighted by Crippen LogP contribution is -2.44. The van der Waals surface area contributed by atoms with E-state index in [2.05, 4.69) is 0 Å². The maximum Gasteiger partial charge on any atom is 0.181 e. The highest BCUT2D eigenvalue weighted by molar-refractivity contribution is 6.08. The highest BCUT2D eigenvalue weighted by Crippen LogP contribution is 2.27. The standard InChI is InChI=1S/C10H9NO3/c11-10-7(5-12)9(13)6-3-1-2-4-8(6)14-10/h1-5,7,10H,11H2. The zero-order chi connectivity index (χ0) is 10.1. The summed E-state index contributed by atoms with van der Waals surface area (Å²) in [6.07, 6.45) is -0.335. The lowest BCUT2D eigenvalue weighted by molar-refractivity contribution is -0.112. The molecule has 0 aliphatic carbocycles. The van der Waals surface area contributed by atoms with Crippen LogP contribution >= 0.6 is 0 Å². The number of ketones is 1. The SMILES string of the molecule is NC1Oc2ccccc2C(=O)C1C=O. The Morgan fingerprint density at radius 3 is 2.79 bits per heavy atom. The summed E-state index contributed by atoms with van der Waals surface area (Å²) in [5.74, 6) is -0.706. The molecule has 4 nitrogen and oxygen atoms in total. The van der Waals surface area contributed by atoms with Gasteiger partial charge in [-0.3, -0.25) is 10.5 Å². The maximum atomic E-state index is 11.7. The molecule has 1 heterocycles. The topological polar surface area (TPSA) is 69.4 Å². The zero-order valence-corrected chi connectivity index (χ0v) is 7.34. The number of para-hydroxylation sites is 1. The van der Waals surface area contributed by atoms with E-state index in [1.165, 1.54) is 0 Å². The molecule has 14 heavy (non-hydrogen) atoms. The molecule has 72 valence electrons. The molecule has 2 N–H and O–H groups in total. The number of carbonyl (C=O) groups excluding carboxylic acids is 2. The van der Waals surface area contributed by atoms with Crippen LogP contribution < -0.4 is 10.5 Å². The van der Waals surface area contributed by atoms with E-state index in [0.717, 1.165) is 0 Å². The summed E-state index contributed by atoms with van der Waals surface area (Å²) in [7, 11) is 0. The van der Waals surface area contributed by atoms with Crippen molar-refractivity contribution in [2.24, 2.45) is 11.7 Å². The molecule has 1 aliphatic heterocycles. The highest BCUT2D eigenvalue weighted by Gasteiger charge is 2.34. The largest absolute Gasteiger partial charge is 0.474 e. The van der Waals surface area contributed by atoms with Gasteiger partial charge in [-0.05, 0) is 12.1 Å². The number of aldehydes is 1. The summed E-state index contributed by atoms with van der Waals surface area (Å²) in [6, 6.07) is 6.76. The van der Waals surface area contributed by atoms with Crippen LogP contribution in [0, 0.1) is 5.92 Å². The lowest BCUT2D eigenvalue weighted by atomic mass is 9.94. The van der Waals surface area contributed by atoms with E-state index in [0.29, 0.717) is 17.6 Å². The Kier molecular flexibility index (Phi) is 2.05. The summed E-state index contributed by atoms with van der Waals surface area (Å²) >= 11 is 0.